The molecular formula is C16H17N3O. The zero-order valence-electron chi connectivity index (χ0n) is 11.3. The minimum absolute atomic E-state index is 0.601. The molecule has 0 radical (unpaired) electrons. The van der Waals surface area contributed by atoms with Crippen molar-refractivity contribution in [2.24, 2.45) is 5.92 Å². The average Bonchev–Trinajstić information content (AvgIpc) is 2.53. The third-order valence-corrected chi connectivity index (χ3v) is 3.74. The molecule has 0 bridgehead atoms. The lowest BCUT2D eigenvalue weighted by Gasteiger charge is -2.22. The Morgan fingerprint density at radius 2 is 2.10 bits per heavy atom. The van der Waals surface area contributed by atoms with E-state index >= 15 is 0 Å². The van der Waals surface area contributed by atoms with E-state index in [0.29, 0.717) is 17.3 Å². The van der Waals surface area contributed by atoms with Crippen LogP contribution in [0.15, 0.2) is 30.3 Å². The van der Waals surface area contributed by atoms with Crippen LogP contribution >= 0.6 is 0 Å². The van der Waals surface area contributed by atoms with Crippen LogP contribution in [0.25, 0.3) is 10.9 Å². The van der Waals surface area contributed by atoms with E-state index in [2.05, 4.69) is 16.4 Å². The quantitative estimate of drug-likeness (QED) is 0.929. The number of hydrogen-bond donors (Lipinski definition) is 1. The highest BCUT2D eigenvalue weighted by molar-refractivity contribution is 5.82. The van der Waals surface area contributed by atoms with Gasteiger partial charge in [0.15, 0.2) is 0 Å². The summed E-state index contributed by atoms with van der Waals surface area (Å²) in [5.41, 5.74) is 1.52. The number of anilines is 1. The van der Waals surface area contributed by atoms with Crippen molar-refractivity contribution in [2.45, 2.75) is 12.8 Å². The van der Waals surface area contributed by atoms with Crippen LogP contribution < -0.4 is 5.32 Å². The standard InChI is InChI=1S/C16H17N3O/c17-10-14-9-13-3-1-2-4-15(13)19-16(14)18-11-12-5-7-20-8-6-12/h1-4,9,12H,5-8,11H2,(H,18,19). The molecule has 0 spiro atoms. The Hall–Kier alpha value is -2.12. The number of nitriles is 1. The van der Waals surface area contributed by atoms with E-state index in [1.54, 1.807) is 0 Å². The number of hydrogen-bond acceptors (Lipinski definition) is 4. The molecule has 4 nitrogen and oxygen atoms in total. The van der Waals surface area contributed by atoms with Crippen LogP contribution in [-0.2, 0) is 4.74 Å². The second kappa shape index (κ2) is 5.89. The number of para-hydroxylation sites is 1. The van der Waals surface area contributed by atoms with Crippen LogP contribution in [0.2, 0.25) is 0 Å². The van der Waals surface area contributed by atoms with Crippen LogP contribution in [0.3, 0.4) is 0 Å². The Morgan fingerprint density at radius 1 is 1.30 bits per heavy atom. The van der Waals surface area contributed by atoms with Gasteiger partial charge in [0.1, 0.15) is 11.9 Å². The van der Waals surface area contributed by atoms with Crippen LogP contribution in [0.4, 0.5) is 5.82 Å². The van der Waals surface area contributed by atoms with Gasteiger partial charge in [-0.05, 0) is 30.9 Å². The first-order valence-corrected chi connectivity index (χ1v) is 6.98. The van der Waals surface area contributed by atoms with E-state index in [0.717, 1.165) is 43.5 Å². The van der Waals surface area contributed by atoms with Crippen molar-refractivity contribution >= 4 is 16.7 Å². The maximum absolute atomic E-state index is 9.26. The number of pyridine rings is 1. The fourth-order valence-corrected chi connectivity index (χ4v) is 2.53. The maximum atomic E-state index is 9.26. The zero-order valence-corrected chi connectivity index (χ0v) is 11.3. The van der Waals surface area contributed by atoms with Crippen molar-refractivity contribution in [1.29, 1.82) is 5.26 Å². The van der Waals surface area contributed by atoms with Gasteiger partial charge in [0.05, 0.1) is 11.1 Å². The minimum Gasteiger partial charge on any atom is -0.381 e. The van der Waals surface area contributed by atoms with E-state index in [1.807, 2.05) is 30.3 Å². The molecule has 0 amide bonds. The van der Waals surface area contributed by atoms with Gasteiger partial charge in [-0.1, -0.05) is 18.2 Å². The third kappa shape index (κ3) is 2.73. The second-order valence-corrected chi connectivity index (χ2v) is 5.13. The van der Waals surface area contributed by atoms with E-state index in [4.69, 9.17) is 4.74 Å². The van der Waals surface area contributed by atoms with Gasteiger partial charge in [0, 0.05) is 25.1 Å². The highest BCUT2D eigenvalue weighted by Crippen LogP contribution is 2.21. The smallest absolute Gasteiger partial charge is 0.144 e. The Labute approximate surface area is 118 Å². The zero-order chi connectivity index (χ0) is 13.8. The van der Waals surface area contributed by atoms with E-state index in [-0.39, 0.29) is 0 Å². The highest BCUT2D eigenvalue weighted by Gasteiger charge is 2.14. The molecule has 0 unspecified atom stereocenters. The Kier molecular flexibility index (Phi) is 3.80. The van der Waals surface area contributed by atoms with E-state index in [9.17, 15) is 5.26 Å². The molecular weight excluding hydrogens is 250 g/mol. The van der Waals surface area contributed by atoms with Gasteiger partial charge in [-0.25, -0.2) is 4.98 Å². The number of nitrogens with one attached hydrogen (secondary N) is 1. The van der Waals surface area contributed by atoms with E-state index < -0.39 is 0 Å². The normalized spacial score (nSPS) is 15.9. The van der Waals surface area contributed by atoms with Gasteiger partial charge in [-0.3, -0.25) is 0 Å². The molecule has 1 saturated heterocycles. The summed E-state index contributed by atoms with van der Waals surface area (Å²) in [6.07, 6.45) is 2.14. The van der Waals surface area contributed by atoms with Gasteiger partial charge in [0.25, 0.3) is 0 Å². The number of rotatable bonds is 3. The molecule has 4 heteroatoms. The van der Waals surface area contributed by atoms with E-state index in [1.165, 1.54) is 0 Å². The number of fused-ring (bicyclic) bond motifs is 1. The summed E-state index contributed by atoms with van der Waals surface area (Å²) in [5.74, 6) is 1.29. The predicted molar refractivity (Wildman–Crippen MR) is 78.5 cm³/mol. The van der Waals surface area contributed by atoms with Crippen LogP contribution in [0.1, 0.15) is 18.4 Å². The van der Waals surface area contributed by atoms with Crippen molar-refractivity contribution in [3.63, 3.8) is 0 Å². The third-order valence-electron chi connectivity index (χ3n) is 3.74. The molecule has 1 fully saturated rings. The summed E-state index contributed by atoms with van der Waals surface area (Å²) < 4.78 is 5.36. The number of aromatic nitrogens is 1. The van der Waals surface area contributed by atoms with Crippen molar-refractivity contribution < 1.29 is 4.74 Å². The molecule has 1 N–H and O–H groups in total. The summed E-state index contributed by atoms with van der Waals surface area (Å²) in [6.45, 7) is 2.52. The molecule has 0 aliphatic carbocycles. The van der Waals surface area contributed by atoms with Gasteiger partial charge in [-0.15, -0.1) is 0 Å². The Balaban J connectivity index is 1.80. The molecule has 2 aromatic rings. The lowest BCUT2D eigenvalue weighted by atomic mass is 10.0. The van der Waals surface area contributed by atoms with Gasteiger partial charge in [0.2, 0.25) is 0 Å². The molecule has 102 valence electrons. The monoisotopic (exact) mass is 267 g/mol. The SMILES string of the molecule is N#Cc1cc2ccccc2nc1NCC1CCOCC1. The highest BCUT2D eigenvalue weighted by atomic mass is 16.5. The lowest BCUT2D eigenvalue weighted by Crippen LogP contribution is -2.23. The van der Waals surface area contributed by atoms with Crippen LogP contribution in [-0.4, -0.2) is 24.7 Å². The van der Waals surface area contributed by atoms with Crippen LogP contribution in [0, 0.1) is 17.2 Å². The first-order chi connectivity index (χ1) is 9.86. The first-order valence-electron chi connectivity index (χ1n) is 6.98. The molecule has 20 heavy (non-hydrogen) atoms. The molecule has 0 atom stereocenters. The van der Waals surface area contributed by atoms with Crippen molar-refractivity contribution in [2.75, 3.05) is 25.1 Å². The fraction of sp³-hybridized carbons (Fsp3) is 0.375. The van der Waals surface area contributed by atoms with Crippen molar-refractivity contribution in [3.05, 3.63) is 35.9 Å². The summed E-state index contributed by atoms with van der Waals surface area (Å²) in [5, 5.41) is 13.6. The molecule has 1 aromatic heterocycles. The van der Waals surface area contributed by atoms with Gasteiger partial charge in [-0.2, -0.15) is 5.26 Å². The number of ether oxygens (including phenoxy) is 1. The summed E-state index contributed by atoms with van der Waals surface area (Å²) >= 11 is 0. The average molecular weight is 267 g/mol. The van der Waals surface area contributed by atoms with Gasteiger partial charge < -0.3 is 10.1 Å². The molecule has 1 aliphatic heterocycles. The maximum Gasteiger partial charge on any atom is 0.144 e. The number of benzene rings is 1. The first kappa shape index (κ1) is 12.9. The summed E-state index contributed by atoms with van der Waals surface area (Å²) in [4.78, 5) is 4.57. The summed E-state index contributed by atoms with van der Waals surface area (Å²) in [7, 11) is 0. The minimum atomic E-state index is 0.601. The van der Waals surface area contributed by atoms with Gasteiger partial charge >= 0.3 is 0 Å². The lowest BCUT2D eigenvalue weighted by molar-refractivity contribution is 0.0699. The summed E-state index contributed by atoms with van der Waals surface area (Å²) in [6, 6.07) is 12.0. The topological polar surface area (TPSA) is 57.9 Å². The second-order valence-electron chi connectivity index (χ2n) is 5.13. The largest absolute Gasteiger partial charge is 0.381 e. The van der Waals surface area contributed by atoms with Crippen LogP contribution in [0.5, 0.6) is 0 Å². The molecule has 3 rings (SSSR count). The van der Waals surface area contributed by atoms with Crippen molar-refractivity contribution in [3.8, 4) is 6.07 Å². The Morgan fingerprint density at radius 3 is 2.90 bits per heavy atom. The molecule has 2 heterocycles. The predicted octanol–water partition coefficient (Wildman–Crippen LogP) is 2.94. The molecule has 1 aliphatic rings. The van der Waals surface area contributed by atoms with Crippen molar-refractivity contribution in [1.82, 2.24) is 4.98 Å². The molecule has 1 aromatic carbocycles. The fourth-order valence-electron chi connectivity index (χ4n) is 2.53. The number of nitrogens with zero attached hydrogens (tertiary/aromatic N) is 2. The molecule has 0 saturated carbocycles. The Bertz CT molecular complexity index is 642.